The van der Waals surface area contributed by atoms with E-state index < -0.39 is 23.7 Å². The van der Waals surface area contributed by atoms with E-state index in [9.17, 15) is 14.0 Å². The summed E-state index contributed by atoms with van der Waals surface area (Å²) in [5.74, 6) is -3.03. The molecule has 1 aliphatic heterocycles. The minimum Gasteiger partial charge on any atom is -0.481 e. The molecule has 1 aromatic rings. The molecule has 1 aromatic heterocycles. The van der Waals surface area contributed by atoms with Gasteiger partial charge < -0.3 is 10.0 Å². The highest BCUT2D eigenvalue weighted by atomic mass is 79.9. The van der Waals surface area contributed by atoms with Gasteiger partial charge in [0.25, 0.3) is 0 Å². The number of carbonyl (C=O) groups is 2. The molecule has 1 N–H and O–H groups in total. The van der Waals surface area contributed by atoms with Gasteiger partial charge in [0, 0.05) is 23.6 Å². The second kappa shape index (κ2) is 4.40. The van der Waals surface area contributed by atoms with Gasteiger partial charge in [-0.15, -0.1) is 0 Å². The number of hydrogen-bond donors (Lipinski definition) is 1. The van der Waals surface area contributed by atoms with Crippen LogP contribution in [0.5, 0.6) is 0 Å². The highest BCUT2D eigenvalue weighted by Gasteiger charge is 2.36. The number of nitrogens with zero attached hydrogens (tertiary/aromatic N) is 2. The molecule has 7 heteroatoms. The summed E-state index contributed by atoms with van der Waals surface area (Å²) in [4.78, 5) is 27.0. The molecule has 1 atom stereocenters. The zero-order valence-corrected chi connectivity index (χ0v) is 10.1. The van der Waals surface area contributed by atoms with Gasteiger partial charge in [0.2, 0.25) is 11.9 Å². The van der Waals surface area contributed by atoms with E-state index in [1.165, 1.54) is 12.3 Å². The molecule has 1 saturated heterocycles. The lowest BCUT2D eigenvalue weighted by atomic mass is 10.1. The number of hydrogen-bond acceptors (Lipinski definition) is 3. The first-order chi connectivity index (χ1) is 7.99. The topological polar surface area (TPSA) is 70.5 Å². The first-order valence-corrected chi connectivity index (χ1v) is 5.62. The van der Waals surface area contributed by atoms with Gasteiger partial charge in [0.15, 0.2) is 0 Å². The molecular formula is C10H8BrFN2O3. The van der Waals surface area contributed by atoms with Crippen molar-refractivity contribution >= 4 is 33.5 Å². The highest BCUT2D eigenvalue weighted by Crippen LogP contribution is 2.28. The second-order valence-electron chi connectivity index (χ2n) is 3.71. The van der Waals surface area contributed by atoms with Gasteiger partial charge in [0.1, 0.15) is 5.69 Å². The van der Waals surface area contributed by atoms with E-state index in [1.807, 2.05) is 0 Å². The van der Waals surface area contributed by atoms with Crippen molar-refractivity contribution in [2.45, 2.75) is 6.42 Å². The van der Waals surface area contributed by atoms with Crippen molar-refractivity contribution in [2.24, 2.45) is 5.92 Å². The van der Waals surface area contributed by atoms with Gasteiger partial charge in [-0.05, 0) is 22.0 Å². The number of carboxylic acid groups (broad SMARTS) is 1. The molecule has 2 rings (SSSR count). The molecule has 0 radical (unpaired) electrons. The van der Waals surface area contributed by atoms with E-state index in [0.717, 1.165) is 4.90 Å². The van der Waals surface area contributed by atoms with Crippen molar-refractivity contribution in [1.82, 2.24) is 4.98 Å². The SMILES string of the molecule is O=C(O)C1CC(=O)N(c2cc(Br)cnc2F)C1. The first-order valence-electron chi connectivity index (χ1n) is 4.83. The lowest BCUT2D eigenvalue weighted by molar-refractivity contribution is -0.141. The fraction of sp³-hybridized carbons (Fsp3) is 0.300. The summed E-state index contributed by atoms with van der Waals surface area (Å²) in [6.45, 7) is -0.0246. The van der Waals surface area contributed by atoms with Gasteiger partial charge in [0.05, 0.1) is 5.92 Å². The molecule has 1 amide bonds. The summed E-state index contributed by atoms with van der Waals surface area (Å²) >= 11 is 3.12. The first kappa shape index (κ1) is 12.0. The summed E-state index contributed by atoms with van der Waals surface area (Å²) in [6.07, 6.45) is 1.16. The minimum absolute atomic E-state index is 0.00752. The van der Waals surface area contributed by atoms with Gasteiger partial charge in [-0.3, -0.25) is 9.59 Å². The van der Waals surface area contributed by atoms with Gasteiger partial charge in [-0.2, -0.15) is 4.39 Å². The number of aromatic nitrogens is 1. The van der Waals surface area contributed by atoms with Crippen LogP contribution in [0.3, 0.4) is 0 Å². The van der Waals surface area contributed by atoms with Crippen molar-refractivity contribution in [3.05, 3.63) is 22.7 Å². The smallest absolute Gasteiger partial charge is 0.308 e. The third-order valence-electron chi connectivity index (χ3n) is 2.55. The van der Waals surface area contributed by atoms with Crippen LogP contribution in [0.1, 0.15) is 6.42 Å². The van der Waals surface area contributed by atoms with Crippen molar-refractivity contribution in [2.75, 3.05) is 11.4 Å². The number of rotatable bonds is 2. The molecule has 5 nitrogen and oxygen atoms in total. The van der Waals surface area contributed by atoms with Crippen molar-refractivity contribution < 1.29 is 19.1 Å². The van der Waals surface area contributed by atoms with Gasteiger partial charge in [-0.1, -0.05) is 0 Å². The fourth-order valence-electron chi connectivity index (χ4n) is 1.71. The Balaban J connectivity index is 2.32. The Kier molecular flexibility index (Phi) is 3.10. The monoisotopic (exact) mass is 302 g/mol. The molecule has 0 spiro atoms. The lowest BCUT2D eigenvalue weighted by Crippen LogP contribution is -2.27. The molecule has 0 aromatic carbocycles. The molecule has 90 valence electrons. The summed E-state index contributed by atoms with van der Waals surface area (Å²) in [5, 5.41) is 8.82. The maximum atomic E-state index is 13.4. The summed E-state index contributed by atoms with van der Waals surface area (Å²) in [6, 6.07) is 1.41. The molecule has 0 bridgehead atoms. The van der Waals surface area contributed by atoms with Crippen LogP contribution in [0.25, 0.3) is 0 Å². The number of carbonyl (C=O) groups excluding carboxylic acids is 1. The van der Waals surface area contributed by atoms with E-state index >= 15 is 0 Å². The minimum atomic E-state index is -1.05. The van der Waals surface area contributed by atoms with Crippen LogP contribution >= 0.6 is 15.9 Å². The zero-order chi connectivity index (χ0) is 12.6. The quantitative estimate of drug-likeness (QED) is 0.839. The lowest BCUT2D eigenvalue weighted by Gasteiger charge is -2.16. The largest absolute Gasteiger partial charge is 0.481 e. The number of anilines is 1. The molecule has 2 heterocycles. The van der Waals surface area contributed by atoms with Crippen LogP contribution < -0.4 is 4.90 Å². The van der Waals surface area contributed by atoms with E-state index in [2.05, 4.69) is 20.9 Å². The summed E-state index contributed by atoms with van der Waals surface area (Å²) in [7, 11) is 0. The van der Waals surface area contributed by atoms with Crippen LogP contribution in [-0.2, 0) is 9.59 Å². The molecule has 0 aliphatic carbocycles. The van der Waals surface area contributed by atoms with Gasteiger partial charge in [-0.25, -0.2) is 4.98 Å². The van der Waals surface area contributed by atoms with Crippen molar-refractivity contribution in [3.8, 4) is 0 Å². The number of pyridine rings is 1. The Morgan fingerprint density at radius 3 is 2.94 bits per heavy atom. The summed E-state index contributed by atoms with van der Waals surface area (Å²) in [5.41, 5.74) is 0.00752. The molecule has 1 fully saturated rings. The molecule has 17 heavy (non-hydrogen) atoms. The summed E-state index contributed by atoms with van der Waals surface area (Å²) < 4.78 is 14.0. The van der Waals surface area contributed by atoms with Crippen molar-refractivity contribution in [3.63, 3.8) is 0 Å². The van der Waals surface area contributed by atoms with E-state index in [4.69, 9.17) is 5.11 Å². The van der Waals surface area contributed by atoms with Crippen molar-refractivity contribution in [1.29, 1.82) is 0 Å². The second-order valence-corrected chi connectivity index (χ2v) is 4.62. The Hall–Kier alpha value is -1.50. The maximum Gasteiger partial charge on any atom is 0.308 e. The molecular weight excluding hydrogens is 295 g/mol. The Labute approximate surface area is 104 Å². The third-order valence-corrected chi connectivity index (χ3v) is 2.99. The van der Waals surface area contributed by atoms with Crippen LogP contribution in [0.4, 0.5) is 10.1 Å². The van der Waals surface area contributed by atoms with Gasteiger partial charge >= 0.3 is 5.97 Å². The average Bonchev–Trinajstić information content (AvgIpc) is 2.64. The number of amides is 1. The fourth-order valence-corrected chi connectivity index (χ4v) is 2.03. The van der Waals surface area contributed by atoms with E-state index in [-0.39, 0.29) is 18.7 Å². The van der Waals surface area contributed by atoms with Crippen LogP contribution in [0, 0.1) is 11.9 Å². The molecule has 1 unspecified atom stereocenters. The van der Waals surface area contributed by atoms with E-state index in [1.54, 1.807) is 0 Å². The Morgan fingerprint density at radius 2 is 2.35 bits per heavy atom. The van der Waals surface area contributed by atoms with Crippen LogP contribution in [-0.4, -0.2) is 28.5 Å². The Bertz CT molecular complexity index is 494. The number of carboxylic acids is 1. The van der Waals surface area contributed by atoms with Crippen LogP contribution in [0.2, 0.25) is 0 Å². The number of halogens is 2. The molecule has 1 aliphatic rings. The molecule has 0 saturated carbocycles. The zero-order valence-electron chi connectivity index (χ0n) is 8.56. The Morgan fingerprint density at radius 1 is 1.65 bits per heavy atom. The normalized spacial score (nSPS) is 19.8. The van der Waals surface area contributed by atoms with Crippen LogP contribution in [0.15, 0.2) is 16.7 Å². The highest BCUT2D eigenvalue weighted by molar-refractivity contribution is 9.10. The third kappa shape index (κ3) is 2.28. The maximum absolute atomic E-state index is 13.4. The average molecular weight is 303 g/mol. The predicted molar refractivity (Wildman–Crippen MR) is 60.0 cm³/mol. The standard InChI is InChI=1S/C10H8BrFN2O3/c11-6-2-7(9(12)13-3-6)14-4-5(10(16)17)1-8(14)15/h2-3,5H,1,4H2,(H,16,17). The number of aliphatic carboxylic acids is 1. The van der Waals surface area contributed by atoms with E-state index in [0.29, 0.717) is 4.47 Å². The predicted octanol–water partition coefficient (Wildman–Crippen LogP) is 1.42.